The van der Waals surface area contributed by atoms with Crippen LogP contribution in [0.5, 0.6) is 0 Å². The highest BCUT2D eigenvalue weighted by molar-refractivity contribution is 6.32. The van der Waals surface area contributed by atoms with Crippen LogP contribution < -0.4 is 11.1 Å². The highest BCUT2D eigenvalue weighted by atomic mass is 35.5. The number of morpholine rings is 1. The summed E-state index contributed by atoms with van der Waals surface area (Å²) in [4.78, 5) is 10.8. The SMILES string of the molecule is Cc1nn(-c2ccccc2)c(Cl)c1C=O.Nc1ccc(C2CNCCO2)c(F)c1. The third kappa shape index (κ3) is 5.00. The number of hydrogen-bond donors (Lipinski definition) is 2. The van der Waals surface area contributed by atoms with Gasteiger partial charge in [-0.25, -0.2) is 9.07 Å². The molecule has 0 amide bonds. The third-order valence-electron chi connectivity index (χ3n) is 4.47. The molecule has 0 aliphatic carbocycles. The van der Waals surface area contributed by atoms with Gasteiger partial charge < -0.3 is 15.8 Å². The first-order valence-corrected chi connectivity index (χ1v) is 9.52. The summed E-state index contributed by atoms with van der Waals surface area (Å²) >= 11 is 6.03. The molecule has 1 atom stereocenters. The molecule has 3 N–H and O–H groups in total. The van der Waals surface area contributed by atoms with Crippen molar-refractivity contribution in [3.8, 4) is 5.69 Å². The predicted octanol–water partition coefficient (Wildman–Crippen LogP) is 3.72. The van der Waals surface area contributed by atoms with Crippen LogP contribution in [0.4, 0.5) is 10.1 Å². The van der Waals surface area contributed by atoms with Gasteiger partial charge in [0.05, 0.1) is 29.7 Å². The zero-order valence-electron chi connectivity index (χ0n) is 15.9. The number of nitrogens with zero attached hydrogens (tertiary/aromatic N) is 2. The molecule has 2 aromatic carbocycles. The molecule has 3 aromatic rings. The van der Waals surface area contributed by atoms with Gasteiger partial charge in [0.1, 0.15) is 11.0 Å². The third-order valence-corrected chi connectivity index (χ3v) is 4.83. The predicted molar refractivity (Wildman–Crippen MR) is 111 cm³/mol. The van der Waals surface area contributed by atoms with Crippen LogP contribution in [0.3, 0.4) is 0 Å². The van der Waals surface area contributed by atoms with Crippen molar-refractivity contribution >= 4 is 23.6 Å². The smallest absolute Gasteiger partial charge is 0.155 e. The highest BCUT2D eigenvalue weighted by Crippen LogP contribution is 2.23. The molecule has 1 aliphatic rings. The number of halogens is 2. The van der Waals surface area contributed by atoms with Crippen LogP contribution in [-0.2, 0) is 4.74 Å². The van der Waals surface area contributed by atoms with Crippen molar-refractivity contribution in [1.29, 1.82) is 0 Å². The van der Waals surface area contributed by atoms with E-state index in [2.05, 4.69) is 10.4 Å². The fraction of sp³-hybridized carbons (Fsp3) is 0.238. The van der Waals surface area contributed by atoms with Crippen molar-refractivity contribution < 1.29 is 13.9 Å². The number of carbonyl (C=O) groups excluding carboxylic acids is 1. The molecule has 1 aromatic heterocycles. The minimum absolute atomic E-state index is 0.190. The Hall–Kier alpha value is -2.74. The van der Waals surface area contributed by atoms with E-state index in [1.165, 1.54) is 6.07 Å². The number of aromatic nitrogens is 2. The number of benzene rings is 2. The van der Waals surface area contributed by atoms with Crippen molar-refractivity contribution in [3.63, 3.8) is 0 Å². The molecule has 2 heterocycles. The van der Waals surface area contributed by atoms with Crippen LogP contribution in [0.2, 0.25) is 5.15 Å². The molecule has 1 saturated heterocycles. The van der Waals surface area contributed by atoms with E-state index in [-0.39, 0.29) is 11.9 Å². The summed E-state index contributed by atoms with van der Waals surface area (Å²) in [5, 5.41) is 7.71. The summed E-state index contributed by atoms with van der Waals surface area (Å²) in [5.74, 6) is -0.293. The fourth-order valence-electron chi connectivity index (χ4n) is 2.95. The molecule has 8 heteroatoms. The Morgan fingerprint density at radius 1 is 1.31 bits per heavy atom. The first-order chi connectivity index (χ1) is 14.0. The average molecular weight is 417 g/mol. The minimum Gasteiger partial charge on any atom is -0.399 e. The van der Waals surface area contributed by atoms with Gasteiger partial charge in [-0.1, -0.05) is 35.9 Å². The van der Waals surface area contributed by atoms with Crippen LogP contribution in [-0.4, -0.2) is 35.8 Å². The van der Waals surface area contributed by atoms with E-state index >= 15 is 0 Å². The largest absolute Gasteiger partial charge is 0.399 e. The topological polar surface area (TPSA) is 82.2 Å². The maximum Gasteiger partial charge on any atom is 0.155 e. The zero-order valence-corrected chi connectivity index (χ0v) is 16.7. The molecule has 0 bridgehead atoms. The van der Waals surface area contributed by atoms with Crippen LogP contribution in [0.1, 0.15) is 27.7 Å². The number of nitrogens with one attached hydrogen (secondary N) is 1. The molecule has 1 unspecified atom stereocenters. The molecule has 0 radical (unpaired) electrons. The number of rotatable bonds is 3. The van der Waals surface area contributed by atoms with Crippen LogP contribution in [0.15, 0.2) is 48.5 Å². The number of para-hydroxylation sites is 1. The van der Waals surface area contributed by atoms with Gasteiger partial charge in [-0.05, 0) is 31.2 Å². The Bertz CT molecular complexity index is 972. The van der Waals surface area contributed by atoms with E-state index in [0.29, 0.717) is 40.8 Å². The number of nitrogen functional groups attached to an aromatic ring is 1. The Morgan fingerprint density at radius 3 is 2.66 bits per heavy atom. The first kappa shape index (κ1) is 21.0. The monoisotopic (exact) mass is 416 g/mol. The van der Waals surface area contributed by atoms with Crippen molar-refractivity contribution in [2.24, 2.45) is 0 Å². The van der Waals surface area contributed by atoms with E-state index in [1.54, 1.807) is 23.7 Å². The number of anilines is 1. The van der Waals surface area contributed by atoms with E-state index < -0.39 is 0 Å². The normalized spacial score (nSPS) is 16.0. The Kier molecular flexibility index (Phi) is 6.98. The first-order valence-electron chi connectivity index (χ1n) is 9.14. The lowest BCUT2D eigenvalue weighted by atomic mass is 10.1. The molecule has 152 valence electrons. The number of aryl methyl sites for hydroxylation is 1. The average Bonchev–Trinajstić information content (AvgIpc) is 3.03. The lowest BCUT2D eigenvalue weighted by molar-refractivity contribution is 0.0255. The Balaban J connectivity index is 0.000000166. The number of carbonyl (C=O) groups is 1. The summed E-state index contributed by atoms with van der Waals surface area (Å²) in [6, 6.07) is 14.2. The van der Waals surface area contributed by atoms with Crippen molar-refractivity contribution in [3.05, 3.63) is 76.3 Å². The standard InChI is InChI=1S/C11H9ClN2O.C10H13FN2O/c1-8-10(7-15)11(12)14(13-8)9-5-3-2-4-6-9;11-9-5-7(12)1-2-8(9)10-6-13-3-4-14-10/h2-7H,1H3;1-2,5,10,13H,3-4,6,12H2. The molecule has 1 aliphatic heterocycles. The summed E-state index contributed by atoms with van der Waals surface area (Å²) < 4.78 is 20.4. The van der Waals surface area contributed by atoms with Gasteiger partial charge in [0.2, 0.25) is 0 Å². The Labute approximate surface area is 173 Å². The molecule has 4 rings (SSSR count). The summed E-state index contributed by atoms with van der Waals surface area (Å²) in [6.07, 6.45) is 0.536. The molecule has 6 nitrogen and oxygen atoms in total. The van der Waals surface area contributed by atoms with Crippen molar-refractivity contribution in [1.82, 2.24) is 15.1 Å². The van der Waals surface area contributed by atoms with Gasteiger partial charge in [0.25, 0.3) is 0 Å². The van der Waals surface area contributed by atoms with Gasteiger partial charge >= 0.3 is 0 Å². The molecule has 0 saturated carbocycles. The van der Waals surface area contributed by atoms with Gasteiger partial charge in [-0.3, -0.25) is 4.79 Å². The second kappa shape index (κ2) is 9.65. The highest BCUT2D eigenvalue weighted by Gasteiger charge is 2.19. The van der Waals surface area contributed by atoms with E-state index in [4.69, 9.17) is 22.1 Å². The fourth-order valence-corrected chi connectivity index (χ4v) is 3.27. The second-order valence-electron chi connectivity index (χ2n) is 6.50. The molecular weight excluding hydrogens is 395 g/mol. The maximum atomic E-state index is 13.4. The second-order valence-corrected chi connectivity index (χ2v) is 6.86. The maximum absolute atomic E-state index is 13.4. The quantitative estimate of drug-likeness (QED) is 0.502. The van der Waals surface area contributed by atoms with Gasteiger partial charge in [-0.2, -0.15) is 5.10 Å². The molecular formula is C21H22ClFN4O2. The summed E-state index contributed by atoms with van der Waals surface area (Å²) in [6.45, 7) is 3.86. The molecule has 1 fully saturated rings. The van der Waals surface area contributed by atoms with E-state index in [0.717, 1.165) is 18.5 Å². The Morgan fingerprint density at radius 2 is 2.07 bits per heavy atom. The van der Waals surface area contributed by atoms with Crippen LogP contribution >= 0.6 is 11.6 Å². The summed E-state index contributed by atoms with van der Waals surface area (Å²) in [7, 11) is 0. The van der Waals surface area contributed by atoms with Crippen LogP contribution in [0, 0.1) is 12.7 Å². The van der Waals surface area contributed by atoms with E-state index in [1.807, 2.05) is 30.3 Å². The number of aldehydes is 1. The van der Waals surface area contributed by atoms with Crippen molar-refractivity contribution in [2.45, 2.75) is 13.0 Å². The molecule has 0 spiro atoms. The molecule has 29 heavy (non-hydrogen) atoms. The summed E-state index contributed by atoms with van der Waals surface area (Å²) in [5.41, 5.74) is 8.40. The lowest BCUT2D eigenvalue weighted by Gasteiger charge is -2.24. The lowest BCUT2D eigenvalue weighted by Crippen LogP contribution is -2.33. The zero-order chi connectivity index (χ0) is 20.8. The van der Waals surface area contributed by atoms with Gasteiger partial charge in [-0.15, -0.1) is 0 Å². The number of nitrogens with two attached hydrogens (primary N) is 1. The number of ether oxygens (including phenoxy) is 1. The van der Waals surface area contributed by atoms with Crippen LogP contribution in [0.25, 0.3) is 5.69 Å². The number of hydrogen-bond acceptors (Lipinski definition) is 5. The van der Waals surface area contributed by atoms with Crippen molar-refractivity contribution in [2.75, 3.05) is 25.4 Å². The minimum atomic E-state index is -0.293. The van der Waals surface area contributed by atoms with Gasteiger partial charge in [0, 0.05) is 24.3 Å². The van der Waals surface area contributed by atoms with Gasteiger partial charge in [0.15, 0.2) is 6.29 Å². The van der Waals surface area contributed by atoms with E-state index in [9.17, 15) is 9.18 Å².